The summed E-state index contributed by atoms with van der Waals surface area (Å²) >= 11 is 0. The van der Waals surface area contributed by atoms with Crippen LogP contribution < -0.4 is 15.0 Å². The molecule has 1 saturated carbocycles. The topological polar surface area (TPSA) is 75.5 Å². The zero-order chi connectivity index (χ0) is 28.3. The van der Waals surface area contributed by atoms with Gasteiger partial charge in [-0.15, -0.1) is 0 Å². The number of hydrogen-bond acceptors (Lipinski definition) is 6. The van der Waals surface area contributed by atoms with Gasteiger partial charge in [-0.1, -0.05) is 18.6 Å². The molecular formula is C33H44N6O2. The number of aromatic nitrogens is 3. The average Bonchev–Trinajstić information content (AvgIpc) is 3.47. The van der Waals surface area contributed by atoms with Crippen molar-refractivity contribution in [3.05, 3.63) is 36.2 Å². The van der Waals surface area contributed by atoms with Gasteiger partial charge in [0.1, 0.15) is 5.52 Å². The van der Waals surface area contributed by atoms with Gasteiger partial charge < -0.3 is 24.4 Å². The van der Waals surface area contributed by atoms with Crippen molar-refractivity contribution in [1.29, 1.82) is 0 Å². The summed E-state index contributed by atoms with van der Waals surface area (Å²) in [5, 5.41) is 3.48. The maximum Gasteiger partial charge on any atom is 0.241 e. The summed E-state index contributed by atoms with van der Waals surface area (Å²) in [5.74, 6) is 0.932. The predicted octanol–water partition coefficient (Wildman–Crippen LogP) is 5.45. The van der Waals surface area contributed by atoms with Gasteiger partial charge in [-0.2, -0.15) is 0 Å². The van der Waals surface area contributed by atoms with Gasteiger partial charge in [-0.25, -0.2) is 9.97 Å². The summed E-state index contributed by atoms with van der Waals surface area (Å²) in [5.41, 5.74) is 5.55. The Morgan fingerprint density at radius 3 is 2.46 bits per heavy atom. The van der Waals surface area contributed by atoms with Crippen LogP contribution in [0.4, 0.5) is 5.69 Å². The highest BCUT2D eigenvalue weighted by molar-refractivity contribution is 6.09. The van der Waals surface area contributed by atoms with E-state index in [1.807, 2.05) is 20.2 Å². The molecule has 218 valence electrons. The summed E-state index contributed by atoms with van der Waals surface area (Å²) in [6, 6.07) is 9.80. The predicted molar refractivity (Wildman–Crippen MR) is 163 cm³/mol. The average molecular weight is 557 g/mol. The molecule has 8 nitrogen and oxygen atoms in total. The second-order valence-electron chi connectivity index (χ2n) is 13.2. The third-order valence-corrected chi connectivity index (χ3v) is 9.94. The number of likely N-dealkylation sites (tertiary alicyclic amines) is 1. The van der Waals surface area contributed by atoms with Crippen molar-refractivity contribution in [2.45, 2.75) is 102 Å². The Labute approximate surface area is 243 Å². The number of nitrogens with one attached hydrogen (secondary N) is 1. The lowest BCUT2D eigenvalue weighted by Crippen LogP contribution is -2.58. The largest absolute Gasteiger partial charge is 0.473 e. The Balaban J connectivity index is 1.28. The van der Waals surface area contributed by atoms with E-state index in [0.29, 0.717) is 17.8 Å². The van der Waals surface area contributed by atoms with E-state index in [2.05, 4.69) is 57.8 Å². The van der Waals surface area contributed by atoms with Crippen molar-refractivity contribution >= 4 is 22.6 Å². The maximum absolute atomic E-state index is 14.4. The van der Waals surface area contributed by atoms with Crippen LogP contribution in [0.5, 0.6) is 5.88 Å². The number of pyridine rings is 1. The minimum absolute atomic E-state index is 0.00386. The molecule has 5 heterocycles. The zero-order valence-corrected chi connectivity index (χ0v) is 25.0. The Bertz CT molecular complexity index is 1440. The highest BCUT2D eigenvalue weighted by Gasteiger charge is 2.54. The smallest absolute Gasteiger partial charge is 0.241 e. The molecule has 2 saturated heterocycles. The standard InChI is InChI=1S/C33H44N6O2/c1-21(2)38-20-35-28-19-27(36-31(30(28)38)41-22(3)4)23-8-9-26-29(16-23)39(32(40)33(26)10-12-34-13-11-33)25-17-24(18-25)37-14-6-5-7-15-37/h8-9,16,19-22,24-25,34H,5-7,10-15,17-18H2,1-4H3/t24-,25+. The van der Waals surface area contributed by atoms with Crippen molar-refractivity contribution in [2.24, 2.45) is 0 Å². The molecular weight excluding hydrogens is 512 g/mol. The van der Waals surface area contributed by atoms with Crippen molar-refractivity contribution in [3.63, 3.8) is 0 Å². The molecule has 3 fully saturated rings. The van der Waals surface area contributed by atoms with Crippen molar-refractivity contribution in [3.8, 4) is 17.1 Å². The fraction of sp³-hybridized carbons (Fsp3) is 0.606. The number of fused-ring (bicyclic) bond motifs is 3. The third kappa shape index (κ3) is 4.45. The van der Waals surface area contributed by atoms with Gasteiger partial charge in [-0.05, 0) is 110 Å². The Morgan fingerprint density at radius 1 is 1.00 bits per heavy atom. The van der Waals surface area contributed by atoms with Crippen LogP contribution in [0.3, 0.4) is 0 Å². The number of carbonyl (C=O) groups is 1. The van der Waals surface area contributed by atoms with Crippen LogP contribution in [0.25, 0.3) is 22.3 Å². The fourth-order valence-corrected chi connectivity index (χ4v) is 7.67. The number of amides is 1. The normalized spacial score (nSPS) is 24.4. The number of piperidine rings is 2. The summed E-state index contributed by atoms with van der Waals surface area (Å²) in [6.07, 6.45) is 9.72. The molecule has 1 amide bonds. The van der Waals surface area contributed by atoms with Crippen molar-refractivity contribution in [1.82, 2.24) is 24.8 Å². The third-order valence-electron chi connectivity index (χ3n) is 9.94. The summed E-state index contributed by atoms with van der Waals surface area (Å²) < 4.78 is 8.37. The lowest BCUT2D eigenvalue weighted by Gasteiger charge is -2.48. The van der Waals surface area contributed by atoms with E-state index in [1.165, 1.54) is 37.9 Å². The van der Waals surface area contributed by atoms with Gasteiger partial charge in [0.25, 0.3) is 0 Å². The monoisotopic (exact) mass is 556 g/mol. The second kappa shape index (κ2) is 10.4. The molecule has 1 spiro atoms. The first kappa shape index (κ1) is 26.9. The first-order valence-electron chi connectivity index (χ1n) is 15.8. The van der Waals surface area contributed by atoms with E-state index in [4.69, 9.17) is 14.7 Å². The Kier molecular flexibility index (Phi) is 6.81. The van der Waals surface area contributed by atoms with Crippen LogP contribution >= 0.6 is 0 Å². The summed E-state index contributed by atoms with van der Waals surface area (Å²) in [6.45, 7) is 12.5. The van der Waals surface area contributed by atoms with Gasteiger partial charge in [0.15, 0.2) is 0 Å². The molecule has 7 rings (SSSR count). The van der Waals surface area contributed by atoms with Gasteiger partial charge >= 0.3 is 0 Å². The van der Waals surface area contributed by atoms with Crippen LogP contribution in [0, 0.1) is 0 Å². The number of carbonyl (C=O) groups excluding carboxylic acids is 1. The lowest BCUT2D eigenvalue weighted by molar-refractivity contribution is -0.125. The summed E-state index contributed by atoms with van der Waals surface area (Å²) in [4.78, 5) is 29.0. The number of rotatable bonds is 6. The van der Waals surface area contributed by atoms with Gasteiger partial charge in [-0.3, -0.25) is 4.79 Å². The van der Waals surface area contributed by atoms with Crippen molar-refractivity contribution in [2.75, 3.05) is 31.1 Å². The number of benzene rings is 1. The van der Waals surface area contributed by atoms with E-state index in [1.54, 1.807) is 0 Å². The number of hydrogen-bond donors (Lipinski definition) is 1. The molecule has 0 unspecified atom stereocenters. The molecule has 1 aromatic carbocycles. The number of nitrogens with zero attached hydrogens (tertiary/aromatic N) is 5. The van der Waals surface area contributed by atoms with E-state index < -0.39 is 5.41 Å². The van der Waals surface area contributed by atoms with Gasteiger partial charge in [0.2, 0.25) is 11.8 Å². The first-order chi connectivity index (χ1) is 19.9. The molecule has 3 aliphatic heterocycles. The highest BCUT2D eigenvalue weighted by Crippen LogP contribution is 2.51. The van der Waals surface area contributed by atoms with Gasteiger partial charge in [0.05, 0.1) is 29.1 Å². The molecule has 3 aromatic rings. The molecule has 8 heteroatoms. The fourth-order valence-electron chi connectivity index (χ4n) is 7.67. The maximum atomic E-state index is 14.4. The van der Waals surface area contributed by atoms with E-state index in [-0.39, 0.29) is 18.2 Å². The Morgan fingerprint density at radius 2 is 1.76 bits per heavy atom. The molecule has 2 aromatic heterocycles. The number of anilines is 1. The molecule has 0 radical (unpaired) electrons. The van der Waals surface area contributed by atoms with Crippen LogP contribution in [0.2, 0.25) is 0 Å². The van der Waals surface area contributed by atoms with Crippen LogP contribution in [0.1, 0.15) is 84.2 Å². The molecule has 1 N–H and O–H groups in total. The minimum Gasteiger partial charge on any atom is -0.473 e. The van der Waals surface area contributed by atoms with E-state index in [0.717, 1.165) is 66.8 Å². The van der Waals surface area contributed by atoms with Gasteiger partial charge in [0, 0.05) is 29.4 Å². The van der Waals surface area contributed by atoms with E-state index >= 15 is 0 Å². The quantitative estimate of drug-likeness (QED) is 0.435. The minimum atomic E-state index is -0.408. The number of imidazole rings is 1. The number of ether oxygens (including phenoxy) is 1. The lowest BCUT2D eigenvalue weighted by atomic mass is 9.74. The SMILES string of the molecule is CC(C)Oc1nc(-c2ccc3c(c2)N([C@H]2C[C@@H](N4CCCCC4)C2)C(=O)C32CCNCC2)cc2ncn(C(C)C)c12. The van der Waals surface area contributed by atoms with Crippen LogP contribution in [0.15, 0.2) is 30.6 Å². The van der Waals surface area contributed by atoms with E-state index in [9.17, 15) is 4.79 Å². The molecule has 1 aliphatic carbocycles. The van der Waals surface area contributed by atoms with Crippen LogP contribution in [-0.4, -0.2) is 69.7 Å². The van der Waals surface area contributed by atoms with Crippen molar-refractivity contribution < 1.29 is 9.53 Å². The molecule has 4 aliphatic rings. The van der Waals surface area contributed by atoms with Crippen LogP contribution in [-0.2, 0) is 10.2 Å². The zero-order valence-electron chi connectivity index (χ0n) is 25.0. The highest BCUT2D eigenvalue weighted by atomic mass is 16.5. The second-order valence-corrected chi connectivity index (χ2v) is 13.2. The molecule has 0 bridgehead atoms. The molecule has 0 atom stereocenters. The summed E-state index contributed by atoms with van der Waals surface area (Å²) in [7, 11) is 0. The molecule has 41 heavy (non-hydrogen) atoms. The Hall–Kier alpha value is -2.97. The first-order valence-corrected chi connectivity index (χ1v) is 15.8.